The van der Waals surface area contributed by atoms with Gasteiger partial charge in [-0.05, 0) is 36.2 Å². The minimum Gasteiger partial charge on any atom is -0.497 e. The smallest absolute Gasteiger partial charge is 0.223 e. The highest BCUT2D eigenvalue weighted by atomic mass is 16.5. The van der Waals surface area contributed by atoms with Gasteiger partial charge in [-0.25, -0.2) is 0 Å². The lowest BCUT2D eigenvalue weighted by atomic mass is 10.1. The summed E-state index contributed by atoms with van der Waals surface area (Å²) in [6.07, 6.45) is 0.855. The third-order valence-electron chi connectivity index (χ3n) is 4.13. The predicted octanol–water partition coefficient (Wildman–Crippen LogP) is 2.67. The molecule has 27 heavy (non-hydrogen) atoms. The molecular formula is C21H23N3O3. The van der Waals surface area contributed by atoms with Gasteiger partial charge in [0, 0.05) is 26.4 Å². The number of rotatable bonds is 8. The second-order valence-electron chi connectivity index (χ2n) is 6.00. The molecule has 2 aromatic carbocycles. The lowest BCUT2D eigenvalue weighted by molar-refractivity contribution is -0.121. The van der Waals surface area contributed by atoms with E-state index in [9.17, 15) is 14.9 Å². The van der Waals surface area contributed by atoms with Crippen LogP contribution in [0.4, 0.5) is 5.69 Å². The number of amides is 2. The van der Waals surface area contributed by atoms with Gasteiger partial charge in [0.1, 0.15) is 11.8 Å². The first-order valence-corrected chi connectivity index (χ1v) is 8.72. The van der Waals surface area contributed by atoms with Gasteiger partial charge >= 0.3 is 0 Å². The van der Waals surface area contributed by atoms with Gasteiger partial charge in [-0.2, -0.15) is 5.26 Å². The Morgan fingerprint density at radius 2 is 1.96 bits per heavy atom. The number of benzene rings is 2. The van der Waals surface area contributed by atoms with Crippen molar-refractivity contribution in [2.45, 2.75) is 19.8 Å². The number of para-hydroxylation sites is 1. The first-order valence-electron chi connectivity index (χ1n) is 8.72. The van der Waals surface area contributed by atoms with E-state index >= 15 is 0 Å². The fourth-order valence-electron chi connectivity index (χ4n) is 2.73. The minimum atomic E-state index is -0.207. The van der Waals surface area contributed by atoms with Crippen LogP contribution in [0.3, 0.4) is 0 Å². The van der Waals surface area contributed by atoms with Gasteiger partial charge in [-0.15, -0.1) is 0 Å². The summed E-state index contributed by atoms with van der Waals surface area (Å²) in [7, 11) is 1.62. The van der Waals surface area contributed by atoms with Crippen LogP contribution in [0.1, 0.15) is 24.5 Å². The SMILES string of the molecule is COc1cccc(CCNC(=O)CCN(C(C)=O)c2ccccc2C#N)c1. The zero-order valence-electron chi connectivity index (χ0n) is 15.6. The van der Waals surface area contributed by atoms with E-state index < -0.39 is 0 Å². The summed E-state index contributed by atoms with van der Waals surface area (Å²) in [5.74, 6) is 0.438. The van der Waals surface area contributed by atoms with Gasteiger partial charge in [0.25, 0.3) is 0 Å². The average Bonchev–Trinajstić information content (AvgIpc) is 2.68. The Morgan fingerprint density at radius 3 is 2.67 bits per heavy atom. The Morgan fingerprint density at radius 1 is 1.19 bits per heavy atom. The summed E-state index contributed by atoms with van der Waals surface area (Å²) < 4.78 is 5.18. The molecule has 0 spiro atoms. The van der Waals surface area contributed by atoms with Crippen LogP contribution in [0.2, 0.25) is 0 Å². The molecule has 0 unspecified atom stereocenters. The number of carbonyl (C=O) groups excluding carboxylic acids is 2. The van der Waals surface area contributed by atoms with E-state index in [1.807, 2.05) is 24.3 Å². The van der Waals surface area contributed by atoms with E-state index in [1.54, 1.807) is 31.4 Å². The summed E-state index contributed by atoms with van der Waals surface area (Å²) in [5, 5.41) is 12.1. The number of hydrogen-bond acceptors (Lipinski definition) is 4. The number of nitrogens with zero attached hydrogens (tertiary/aromatic N) is 2. The number of hydrogen-bond donors (Lipinski definition) is 1. The summed E-state index contributed by atoms with van der Waals surface area (Å²) in [5.41, 5.74) is 2.01. The molecule has 2 amide bonds. The maximum atomic E-state index is 12.1. The Bertz CT molecular complexity index is 843. The molecule has 6 heteroatoms. The Hall–Kier alpha value is -3.33. The number of nitriles is 1. The van der Waals surface area contributed by atoms with Crippen LogP contribution in [0.15, 0.2) is 48.5 Å². The van der Waals surface area contributed by atoms with Crippen molar-refractivity contribution in [3.63, 3.8) is 0 Å². The normalized spacial score (nSPS) is 9.96. The van der Waals surface area contributed by atoms with Crippen LogP contribution >= 0.6 is 0 Å². The average molecular weight is 365 g/mol. The predicted molar refractivity (Wildman–Crippen MR) is 104 cm³/mol. The summed E-state index contributed by atoms with van der Waals surface area (Å²) in [4.78, 5) is 25.5. The van der Waals surface area contributed by atoms with Crippen LogP contribution in [0.5, 0.6) is 5.75 Å². The molecule has 2 aromatic rings. The van der Waals surface area contributed by atoms with Gasteiger partial charge in [0.15, 0.2) is 0 Å². The van der Waals surface area contributed by atoms with Crippen LogP contribution in [-0.2, 0) is 16.0 Å². The van der Waals surface area contributed by atoms with Crippen molar-refractivity contribution in [3.8, 4) is 11.8 Å². The molecule has 0 saturated carbocycles. The zero-order chi connectivity index (χ0) is 19.6. The van der Waals surface area contributed by atoms with Gasteiger partial charge in [0.2, 0.25) is 11.8 Å². The Kier molecular flexibility index (Phi) is 7.38. The largest absolute Gasteiger partial charge is 0.497 e. The molecule has 2 rings (SSSR count). The lowest BCUT2D eigenvalue weighted by Crippen LogP contribution is -2.34. The molecule has 0 aromatic heterocycles. The van der Waals surface area contributed by atoms with E-state index in [0.29, 0.717) is 24.2 Å². The number of methoxy groups -OCH3 is 1. The second kappa shape index (κ2) is 9.97. The molecular weight excluding hydrogens is 342 g/mol. The molecule has 1 N–H and O–H groups in total. The molecule has 0 radical (unpaired) electrons. The molecule has 0 saturated heterocycles. The highest BCUT2D eigenvalue weighted by Crippen LogP contribution is 2.20. The minimum absolute atomic E-state index is 0.140. The molecule has 6 nitrogen and oxygen atoms in total. The van der Waals surface area contributed by atoms with Crippen molar-refractivity contribution in [1.82, 2.24) is 5.32 Å². The van der Waals surface area contributed by atoms with E-state index in [1.165, 1.54) is 11.8 Å². The van der Waals surface area contributed by atoms with Crippen molar-refractivity contribution in [2.75, 3.05) is 25.1 Å². The van der Waals surface area contributed by atoms with E-state index in [0.717, 1.165) is 11.3 Å². The van der Waals surface area contributed by atoms with E-state index in [2.05, 4.69) is 11.4 Å². The van der Waals surface area contributed by atoms with Gasteiger partial charge < -0.3 is 15.0 Å². The van der Waals surface area contributed by atoms with Crippen LogP contribution < -0.4 is 15.0 Å². The zero-order valence-corrected chi connectivity index (χ0v) is 15.6. The Labute approximate surface area is 159 Å². The Balaban J connectivity index is 1.87. The monoisotopic (exact) mass is 365 g/mol. The third-order valence-corrected chi connectivity index (χ3v) is 4.13. The molecule has 0 fully saturated rings. The number of nitrogens with one attached hydrogen (secondary N) is 1. The van der Waals surface area contributed by atoms with Crippen molar-refractivity contribution < 1.29 is 14.3 Å². The molecule has 0 aliphatic rings. The number of anilines is 1. The summed E-state index contributed by atoms with van der Waals surface area (Å²) >= 11 is 0. The third kappa shape index (κ3) is 5.86. The summed E-state index contributed by atoms with van der Waals surface area (Å²) in [6.45, 7) is 2.15. The van der Waals surface area contributed by atoms with Crippen molar-refractivity contribution >= 4 is 17.5 Å². The van der Waals surface area contributed by atoms with Crippen molar-refractivity contribution in [1.29, 1.82) is 5.26 Å². The highest BCUT2D eigenvalue weighted by molar-refractivity contribution is 5.93. The van der Waals surface area contributed by atoms with Crippen LogP contribution in [0, 0.1) is 11.3 Å². The topological polar surface area (TPSA) is 82.4 Å². The molecule has 140 valence electrons. The molecule has 0 atom stereocenters. The molecule has 0 bridgehead atoms. The van der Waals surface area contributed by atoms with Crippen LogP contribution in [0.25, 0.3) is 0 Å². The van der Waals surface area contributed by atoms with Crippen molar-refractivity contribution in [3.05, 3.63) is 59.7 Å². The van der Waals surface area contributed by atoms with Crippen LogP contribution in [-0.4, -0.2) is 32.0 Å². The van der Waals surface area contributed by atoms with E-state index in [-0.39, 0.29) is 24.8 Å². The molecule has 0 heterocycles. The first-order chi connectivity index (χ1) is 13.0. The fourth-order valence-corrected chi connectivity index (χ4v) is 2.73. The van der Waals surface area contributed by atoms with Crippen molar-refractivity contribution in [2.24, 2.45) is 0 Å². The molecule has 0 aliphatic heterocycles. The summed E-state index contributed by atoms with van der Waals surface area (Å²) in [6, 6.07) is 16.6. The van der Waals surface area contributed by atoms with Gasteiger partial charge in [-0.3, -0.25) is 9.59 Å². The molecule has 0 aliphatic carbocycles. The quantitative estimate of drug-likeness (QED) is 0.780. The maximum Gasteiger partial charge on any atom is 0.223 e. The van der Waals surface area contributed by atoms with Gasteiger partial charge in [-0.1, -0.05) is 24.3 Å². The first kappa shape index (κ1) is 20.0. The second-order valence-corrected chi connectivity index (χ2v) is 6.00. The van der Waals surface area contributed by atoms with Gasteiger partial charge in [0.05, 0.1) is 18.4 Å². The van der Waals surface area contributed by atoms with E-state index in [4.69, 9.17) is 4.74 Å². The highest BCUT2D eigenvalue weighted by Gasteiger charge is 2.16. The maximum absolute atomic E-state index is 12.1. The number of ether oxygens (including phenoxy) is 1. The standard InChI is InChI=1S/C21H23N3O3/c1-16(25)24(20-9-4-3-7-18(20)15-22)13-11-21(26)23-12-10-17-6-5-8-19(14-17)27-2/h3-9,14H,10-13H2,1-2H3,(H,23,26). The lowest BCUT2D eigenvalue weighted by Gasteiger charge is -2.22. The fraction of sp³-hybridized carbons (Fsp3) is 0.286. The number of carbonyl (C=O) groups is 2.